The number of benzene rings is 1. The van der Waals surface area contributed by atoms with E-state index < -0.39 is 0 Å². The molecule has 3 aromatic rings. The predicted octanol–water partition coefficient (Wildman–Crippen LogP) is 2.28. The molecular formula is C14H12N4O. The van der Waals surface area contributed by atoms with Crippen LogP contribution in [0.1, 0.15) is 0 Å². The fraction of sp³-hybridized carbons (Fsp3) is 0.0714. The van der Waals surface area contributed by atoms with E-state index in [1.807, 2.05) is 30.3 Å². The van der Waals surface area contributed by atoms with E-state index in [0.29, 0.717) is 11.7 Å². The first-order valence-corrected chi connectivity index (χ1v) is 5.81. The van der Waals surface area contributed by atoms with Crippen molar-refractivity contribution < 1.29 is 4.74 Å². The number of aromatic nitrogens is 3. The lowest BCUT2D eigenvalue weighted by Crippen LogP contribution is -1.97. The summed E-state index contributed by atoms with van der Waals surface area (Å²) in [6.45, 7) is 0. The normalized spacial score (nSPS) is 10.6. The molecule has 0 unspecified atom stereocenters. The number of nitrogens with two attached hydrogens (primary N) is 1. The molecule has 3 rings (SSSR count). The summed E-state index contributed by atoms with van der Waals surface area (Å²) in [4.78, 5) is 4.18. The summed E-state index contributed by atoms with van der Waals surface area (Å²) < 4.78 is 5.04. The Bertz CT molecular complexity index is 725. The Kier molecular flexibility index (Phi) is 2.72. The molecule has 0 spiro atoms. The van der Waals surface area contributed by atoms with Crippen LogP contribution in [0.25, 0.3) is 22.0 Å². The summed E-state index contributed by atoms with van der Waals surface area (Å²) in [6, 6.07) is 11.5. The molecule has 1 aromatic carbocycles. The average molecular weight is 252 g/mol. The van der Waals surface area contributed by atoms with Crippen molar-refractivity contribution in [3.05, 3.63) is 42.6 Å². The first-order chi connectivity index (χ1) is 9.29. The van der Waals surface area contributed by atoms with Crippen molar-refractivity contribution in [1.82, 2.24) is 15.2 Å². The lowest BCUT2D eigenvalue weighted by molar-refractivity contribution is 0.398. The number of hydrogen-bond donors (Lipinski definition) is 1. The SMILES string of the molecule is COc1ccc(-c2nnc(N)c3ccccc23)cn1. The zero-order chi connectivity index (χ0) is 13.2. The third-order valence-electron chi connectivity index (χ3n) is 2.93. The van der Waals surface area contributed by atoms with Crippen molar-refractivity contribution >= 4 is 16.6 Å². The molecule has 2 N–H and O–H groups in total. The number of hydrogen-bond acceptors (Lipinski definition) is 5. The predicted molar refractivity (Wildman–Crippen MR) is 73.7 cm³/mol. The average Bonchev–Trinajstić information content (AvgIpc) is 2.48. The number of pyridine rings is 1. The van der Waals surface area contributed by atoms with Gasteiger partial charge in [-0.15, -0.1) is 10.2 Å². The Labute approximate surface area is 110 Å². The number of nitrogens with zero attached hydrogens (tertiary/aromatic N) is 3. The molecule has 0 amide bonds. The van der Waals surface area contributed by atoms with E-state index in [2.05, 4.69) is 15.2 Å². The van der Waals surface area contributed by atoms with Gasteiger partial charge in [0.2, 0.25) is 5.88 Å². The van der Waals surface area contributed by atoms with Crippen molar-refractivity contribution in [2.75, 3.05) is 12.8 Å². The highest BCUT2D eigenvalue weighted by Crippen LogP contribution is 2.28. The van der Waals surface area contributed by atoms with Gasteiger partial charge in [0.15, 0.2) is 5.82 Å². The first kappa shape index (κ1) is 11.4. The molecule has 5 heteroatoms. The maximum Gasteiger partial charge on any atom is 0.212 e. The fourth-order valence-electron chi connectivity index (χ4n) is 1.98. The molecule has 0 radical (unpaired) electrons. The van der Waals surface area contributed by atoms with Gasteiger partial charge in [-0.25, -0.2) is 4.98 Å². The maximum atomic E-state index is 5.84. The Balaban J connectivity index is 2.21. The van der Waals surface area contributed by atoms with Gasteiger partial charge in [0.1, 0.15) is 5.69 Å². The van der Waals surface area contributed by atoms with E-state index in [4.69, 9.17) is 10.5 Å². The molecule has 0 saturated heterocycles. The van der Waals surface area contributed by atoms with Gasteiger partial charge >= 0.3 is 0 Å². The van der Waals surface area contributed by atoms with Crippen molar-refractivity contribution in [3.8, 4) is 17.1 Å². The molecule has 0 atom stereocenters. The quantitative estimate of drug-likeness (QED) is 0.757. The summed E-state index contributed by atoms with van der Waals surface area (Å²) in [6.07, 6.45) is 1.71. The molecule has 0 aliphatic carbocycles. The third-order valence-corrected chi connectivity index (χ3v) is 2.93. The zero-order valence-corrected chi connectivity index (χ0v) is 10.4. The van der Waals surface area contributed by atoms with Crippen LogP contribution in [0.5, 0.6) is 5.88 Å². The number of rotatable bonds is 2. The Morgan fingerprint density at radius 2 is 1.79 bits per heavy atom. The van der Waals surface area contributed by atoms with Crippen LogP contribution < -0.4 is 10.5 Å². The second kappa shape index (κ2) is 4.53. The highest BCUT2D eigenvalue weighted by molar-refractivity contribution is 5.99. The molecule has 2 heterocycles. The van der Waals surface area contributed by atoms with Crippen LogP contribution in [0.3, 0.4) is 0 Å². The van der Waals surface area contributed by atoms with Gasteiger partial charge in [-0.2, -0.15) is 0 Å². The number of fused-ring (bicyclic) bond motifs is 1. The van der Waals surface area contributed by atoms with Gasteiger partial charge in [-0.05, 0) is 6.07 Å². The number of ether oxygens (including phenoxy) is 1. The van der Waals surface area contributed by atoms with E-state index in [0.717, 1.165) is 22.0 Å². The van der Waals surface area contributed by atoms with E-state index >= 15 is 0 Å². The topological polar surface area (TPSA) is 73.9 Å². The molecule has 5 nitrogen and oxygen atoms in total. The van der Waals surface area contributed by atoms with Crippen LogP contribution in [-0.4, -0.2) is 22.3 Å². The molecule has 0 aliphatic heterocycles. The summed E-state index contributed by atoms with van der Waals surface area (Å²) in [5, 5.41) is 10.0. The van der Waals surface area contributed by atoms with Crippen LogP contribution in [0, 0.1) is 0 Å². The number of anilines is 1. The molecule has 94 valence electrons. The van der Waals surface area contributed by atoms with Gasteiger partial charge in [0.05, 0.1) is 7.11 Å². The van der Waals surface area contributed by atoms with Gasteiger partial charge in [-0.1, -0.05) is 24.3 Å². The van der Waals surface area contributed by atoms with Gasteiger partial charge in [0.25, 0.3) is 0 Å². The number of nitrogen functional groups attached to an aromatic ring is 1. The smallest absolute Gasteiger partial charge is 0.212 e. The second-order valence-electron chi connectivity index (χ2n) is 4.07. The van der Waals surface area contributed by atoms with E-state index in [9.17, 15) is 0 Å². The van der Waals surface area contributed by atoms with Crippen LogP contribution >= 0.6 is 0 Å². The highest BCUT2D eigenvalue weighted by atomic mass is 16.5. The monoisotopic (exact) mass is 252 g/mol. The fourth-order valence-corrected chi connectivity index (χ4v) is 1.98. The largest absolute Gasteiger partial charge is 0.481 e. The molecule has 0 aliphatic rings. The molecule has 2 aromatic heterocycles. The molecule has 0 fully saturated rings. The molecular weight excluding hydrogens is 240 g/mol. The van der Waals surface area contributed by atoms with Crippen LogP contribution in [0.4, 0.5) is 5.82 Å². The van der Waals surface area contributed by atoms with Crippen LogP contribution in [0.15, 0.2) is 42.6 Å². The summed E-state index contributed by atoms with van der Waals surface area (Å²) in [5.74, 6) is 0.997. The van der Waals surface area contributed by atoms with Crippen LogP contribution in [-0.2, 0) is 0 Å². The summed E-state index contributed by atoms with van der Waals surface area (Å²) >= 11 is 0. The van der Waals surface area contributed by atoms with Crippen LogP contribution in [0.2, 0.25) is 0 Å². The molecule has 0 saturated carbocycles. The van der Waals surface area contributed by atoms with Crippen molar-refractivity contribution in [2.24, 2.45) is 0 Å². The lowest BCUT2D eigenvalue weighted by Gasteiger charge is -2.06. The standard InChI is InChI=1S/C14H12N4O/c1-19-12-7-6-9(8-16-12)13-10-4-2-3-5-11(10)14(15)18-17-13/h2-8H,1H3,(H2,15,18). The van der Waals surface area contributed by atoms with Crippen molar-refractivity contribution in [2.45, 2.75) is 0 Å². The Morgan fingerprint density at radius 1 is 1.00 bits per heavy atom. The molecule has 0 bridgehead atoms. The van der Waals surface area contributed by atoms with Gasteiger partial charge in [-0.3, -0.25) is 0 Å². The van der Waals surface area contributed by atoms with Crippen molar-refractivity contribution in [3.63, 3.8) is 0 Å². The minimum Gasteiger partial charge on any atom is -0.481 e. The van der Waals surface area contributed by atoms with Gasteiger partial charge in [0, 0.05) is 28.6 Å². The van der Waals surface area contributed by atoms with E-state index in [1.54, 1.807) is 19.4 Å². The molecule has 19 heavy (non-hydrogen) atoms. The minimum absolute atomic E-state index is 0.431. The Morgan fingerprint density at radius 3 is 2.47 bits per heavy atom. The van der Waals surface area contributed by atoms with E-state index in [1.165, 1.54) is 0 Å². The highest BCUT2D eigenvalue weighted by Gasteiger charge is 2.09. The zero-order valence-electron chi connectivity index (χ0n) is 10.4. The minimum atomic E-state index is 0.431. The van der Waals surface area contributed by atoms with Gasteiger partial charge < -0.3 is 10.5 Å². The second-order valence-corrected chi connectivity index (χ2v) is 4.07. The summed E-state index contributed by atoms with van der Waals surface area (Å²) in [5.41, 5.74) is 7.48. The number of methoxy groups -OCH3 is 1. The van der Waals surface area contributed by atoms with Crippen molar-refractivity contribution in [1.29, 1.82) is 0 Å². The summed E-state index contributed by atoms with van der Waals surface area (Å²) in [7, 11) is 1.58. The Hall–Kier alpha value is -2.69. The maximum absolute atomic E-state index is 5.84. The first-order valence-electron chi connectivity index (χ1n) is 5.81. The van der Waals surface area contributed by atoms with E-state index in [-0.39, 0.29) is 0 Å². The lowest BCUT2D eigenvalue weighted by atomic mass is 10.1. The third kappa shape index (κ3) is 1.95.